The van der Waals surface area contributed by atoms with Crippen molar-refractivity contribution in [3.8, 4) is 0 Å². The van der Waals surface area contributed by atoms with Crippen LogP contribution in [0.5, 0.6) is 0 Å². The van der Waals surface area contributed by atoms with Crippen LogP contribution in [-0.2, 0) is 0 Å². The molecule has 2 bridgehead atoms. The Kier molecular flexibility index (Phi) is 2.00. The summed E-state index contributed by atoms with van der Waals surface area (Å²) in [6, 6.07) is -0.280. The molecule has 1 atom stereocenters. The molecule has 0 spiro atoms. The Hall–Kier alpha value is -0.770. The predicted octanol–water partition coefficient (Wildman–Crippen LogP) is 1.20. The summed E-state index contributed by atoms with van der Waals surface area (Å²) in [6.07, 6.45) is 3.38. The normalized spacial score (nSPS) is 40.7. The van der Waals surface area contributed by atoms with Crippen LogP contribution in [0, 0.1) is 10.8 Å². The molecule has 3 saturated carbocycles. The van der Waals surface area contributed by atoms with Crippen LogP contribution in [0.25, 0.3) is 0 Å². The lowest BCUT2D eigenvalue weighted by molar-refractivity contribution is -0.199. The number of carboxylic acid groups (broad SMARTS) is 1. The lowest BCUT2D eigenvalue weighted by atomic mass is 9.35. The van der Waals surface area contributed by atoms with Gasteiger partial charge < -0.3 is 15.5 Å². The lowest BCUT2D eigenvalue weighted by Gasteiger charge is -2.70. The third-order valence-corrected chi connectivity index (χ3v) is 3.63. The highest BCUT2D eigenvalue weighted by atomic mass is 16.4. The van der Waals surface area contributed by atoms with Crippen LogP contribution in [0.3, 0.4) is 0 Å². The average Bonchev–Trinajstić information content (AvgIpc) is 1.97. The van der Waals surface area contributed by atoms with Crippen LogP contribution in [0.1, 0.15) is 32.6 Å². The number of aliphatic hydroxyl groups excluding tert-OH is 1. The summed E-state index contributed by atoms with van der Waals surface area (Å²) >= 11 is 0. The summed E-state index contributed by atoms with van der Waals surface area (Å²) in [4.78, 5) is 10.4. The van der Waals surface area contributed by atoms with E-state index in [-0.39, 0.29) is 12.6 Å². The lowest BCUT2D eigenvalue weighted by Crippen LogP contribution is -2.62. The van der Waals surface area contributed by atoms with Gasteiger partial charge in [0.05, 0.1) is 12.6 Å². The first-order valence-corrected chi connectivity index (χ1v) is 5.07. The number of hydrogen-bond donors (Lipinski definition) is 3. The fraction of sp³-hybridized carbons (Fsp3) is 0.900. The highest BCUT2D eigenvalue weighted by Gasteiger charge is 2.64. The summed E-state index contributed by atoms with van der Waals surface area (Å²) in [6.45, 7) is 2.18. The molecule has 1 unspecified atom stereocenters. The standard InChI is InChI=1S/C10H17NO3/c1-9-4-10(5-9,6-9)2-7(3-12)11-8(13)14/h7,11-12H,2-6H2,1H3,(H,13,14). The molecule has 3 fully saturated rings. The number of nitrogens with one attached hydrogen (secondary N) is 1. The molecular weight excluding hydrogens is 182 g/mol. The first kappa shape index (κ1) is 9.77. The summed E-state index contributed by atoms with van der Waals surface area (Å²) in [7, 11) is 0. The summed E-state index contributed by atoms with van der Waals surface area (Å²) in [5, 5.41) is 19.9. The Morgan fingerprint density at radius 3 is 2.43 bits per heavy atom. The second-order valence-electron chi connectivity index (χ2n) is 5.37. The molecule has 0 saturated heterocycles. The number of aliphatic hydroxyl groups is 1. The fourth-order valence-electron chi connectivity index (χ4n) is 3.64. The van der Waals surface area contributed by atoms with E-state index in [1.165, 1.54) is 19.3 Å². The maximum Gasteiger partial charge on any atom is 0.404 e. The number of rotatable bonds is 4. The van der Waals surface area contributed by atoms with Gasteiger partial charge in [0.15, 0.2) is 0 Å². The molecule has 4 nitrogen and oxygen atoms in total. The molecule has 1 amide bonds. The van der Waals surface area contributed by atoms with Crippen molar-refractivity contribution < 1.29 is 15.0 Å². The van der Waals surface area contributed by atoms with Crippen LogP contribution in [0.4, 0.5) is 4.79 Å². The number of carbonyl (C=O) groups is 1. The van der Waals surface area contributed by atoms with Crippen LogP contribution in [-0.4, -0.2) is 29.0 Å². The monoisotopic (exact) mass is 199 g/mol. The summed E-state index contributed by atoms with van der Waals surface area (Å²) < 4.78 is 0. The van der Waals surface area contributed by atoms with E-state index in [1.807, 2.05) is 0 Å². The molecule has 0 heterocycles. The molecule has 3 aliphatic rings. The van der Waals surface area contributed by atoms with Gasteiger partial charge in [0.25, 0.3) is 0 Å². The van der Waals surface area contributed by atoms with Gasteiger partial charge in [-0.1, -0.05) is 6.92 Å². The Morgan fingerprint density at radius 1 is 1.50 bits per heavy atom. The minimum atomic E-state index is -1.04. The molecule has 0 radical (unpaired) electrons. The SMILES string of the molecule is CC12CC(CC(CO)NC(=O)O)(C1)C2. The largest absolute Gasteiger partial charge is 0.465 e. The second kappa shape index (κ2) is 2.86. The van der Waals surface area contributed by atoms with Gasteiger partial charge in [-0.2, -0.15) is 0 Å². The van der Waals surface area contributed by atoms with Gasteiger partial charge in [-0.05, 0) is 36.5 Å². The van der Waals surface area contributed by atoms with E-state index in [2.05, 4.69) is 12.2 Å². The van der Waals surface area contributed by atoms with E-state index < -0.39 is 6.09 Å². The predicted molar refractivity (Wildman–Crippen MR) is 51.0 cm³/mol. The topological polar surface area (TPSA) is 69.6 Å². The first-order valence-electron chi connectivity index (χ1n) is 5.07. The van der Waals surface area contributed by atoms with Crippen molar-refractivity contribution in [1.82, 2.24) is 5.32 Å². The van der Waals surface area contributed by atoms with Crippen molar-refractivity contribution in [1.29, 1.82) is 0 Å². The highest BCUT2D eigenvalue weighted by molar-refractivity contribution is 5.64. The Morgan fingerprint density at radius 2 is 2.07 bits per heavy atom. The first-order chi connectivity index (χ1) is 6.47. The van der Waals surface area contributed by atoms with Gasteiger partial charge in [0, 0.05) is 0 Å². The van der Waals surface area contributed by atoms with Gasteiger partial charge in [-0.15, -0.1) is 0 Å². The average molecular weight is 199 g/mol. The summed E-state index contributed by atoms with van der Waals surface area (Å²) in [5.41, 5.74) is 0.897. The number of hydrogen-bond acceptors (Lipinski definition) is 2. The van der Waals surface area contributed by atoms with Gasteiger partial charge in [0.1, 0.15) is 0 Å². The molecule has 3 aliphatic carbocycles. The molecule has 14 heavy (non-hydrogen) atoms. The van der Waals surface area contributed by atoms with E-state index in [0.29, 0.717) is 10.8 Å². The summed E-state index contributed by atoms with van der Waals surface area (Å²) in [5.74, 6) is 0. The Balaban J connectivity index is 1.81. The molecule has 0 aromatic rings. The maximum absolute atomic E-state index is 10.4. The Labute approximate surface area is 83.3 Å². The molecule has 0 aromatic heterocycles. The zero-order valence-corrected chi connectivity index (χ0v) is 8.42. The number of amides is 1. The maximum atomic E-state index is 10.4. The van der Waals surface area contributed by atoms with E-state index in [0.717, 1.165) is 6.42 Å². The molecule has 4 heteroatoms. The molecular formula is C10H17NO3. The van der Waals surface area contributed by atoms with Crippen LogP contribution in [0.15, 0.2) is 0 Å². The van der Waals surface area contributed by atoms with Gasteiger partial charge >= 0.3 is 6.09 Å². The molecule has 0 aromatic carbocycles. The van der Waals surface area contributed by atoms with Gasteiger partial charge in [-0.25, -0.2) is 4.79 Å². The molecule has 3 N–H and O–H groups in total. The van der Waals surface area contributed by atoms with Crippen molar-refractivity contribution in [2.45, 2.75) is 38.6 Å². The van der Waals surface area contributed by atoms with Crippen molar-refractivity contribution in [3.63, 3.8) is 0 Å². The van der Waals surface area contributed by atoms with Crippen molar-refractivity contribution in [2.75, 3.05) is 6.61 Å². The van der Waals surface area contributed by atoms with E-state index in [9.17, 15) is 4.79 Å². The second-order valence-corrected chi connectivity index (χ2v) is 5.37. The zero-order valence-electron chi connectivity index (χ0n) is 8.42. The molecule has 80 valence electrons. The fourth-order valence-corrected chi connectivity index (χ4v) is 3.64. The van der Waals surface area contributed by atoms with Crippen LogP contribution in [0.2, 0.25) is 0 Å². The minimum Gasteiger partial charge on any atom is -0.465 e. The van der Waals surface area contributed by atoms with Gasteiger partial charge in [-0.3, -0.25) is 0 Å². The van der Waals surface area contributed by atoms with E-state index >= 15 is 0 Å². The van der Waals surface area contributed by atoms with Crippen LogP contribution >= 0.6 is 0 Å². The quantitative estimate of drug-likeness (QED) is 0.637. The highest BCUT2D eigenvalue weighted by Crippen LogP contribution is 2.74. The van der Waals surface area contributed by atoms with E-state index in [1.54, 1.807) is 0 Å². The molecule has 0 aliphatic heterocycles. The molecule has 3 rings (SSSR count). The van der Waals surface area contributed by atoms with Crippen molar-refractivity contribution in [3.05, 3.63) is 0 Å². The third kappa shape index (κ3) is 1.47. The smallest absolute Gasteiger partial charge is 0.404 e. The minimum absolute atomic E-state index is 0.0925. The third-order valence-electron chi connectivity index (χ3n) is 3.63. The Bertz CT molecular complexity index is 244. The zero-order chi connectivity index (χ0) is 10.4. The van der Waals surface area contributed by atoms with Crippen LogP contribution < -0.4 is 5.32 Å². The van der Waals surface area contributed by atoms with Crippen molar-refractivity contribution in [2.24, 2.45) is 10.8 Å². The van der Waals surface area contributed by atoms with Crippen molar-refractivity contribution >= 4 is 6.09 Å². The van der Waals surface area contributed by atoms with E-state index in [4.69, 9.17) is 10.2 Å². The van der Waals surface area contributed by atoms with Gasteiger partial charge in [0.2, 0.25) is 0 Å².